The summed E-state index contributed by atoms with van der Waals surface area (Å²) >= 11 is 0. The van der Waals surface area contributed by atoms with Gasteiger partial charge in [0.1, 0.15) is 0 Å². The van der Waals surface area contributed by atoms with Crippen LogP contribution in [0.4, 0.5) is 0 Å². The minimum absolute atomic E-state index is 0.397. The molecule has 2 heteroatoms. The molecule has 12 heavy (non-hydrogen) atoms. The highest BCUT2D eigenvalue weighted by Gasteiger charge is 2.37. The maximum atomic E-state index is 9.16. The zero-order chi connectivity index (χ0) is 8.55. The highest BCUT2D eigenvalue weighted by Crippen LogP contribution is 2.34. The molecule has 0 radical (unpaired) electrons. The largest absolute Gasteiger partial charge is 0.396 e. The monoisotopic (exact) mass is 169 g/mol. The highest BCUT2D eigenvalue weighted by atomic mass is 16.3. The van der Waals surface area contributed by atoms with Crippen molar-refractivity contribution >= 4 is 0 Å². The lowest BCUT2D eigenvalue weighted by atomic mass is 9.95. The van der Waals surface area contributed by atoms with Crippen LogP contribution in [-0.4, -0.2) is 35.2 Å². The van der Waals surface area contributed by atoms with E-state index in [4.69, 9.17) is 5.11 Å². The van der Waals surface area contributed by atoms with Gasteiger partial charge in [-0.3, -0.25) is 4.90 Å². The minimum Gasteiger partial charge on any atom is -0.396 e. The van der Waals surface area contributed by atoms with Gasteiger partial charge in [-0.1, -0.05) is 6.42 Å². The average Bonchev–Trinajstić information content (AvgIpc) is 2.50. The van der Waals surface area contributed by atoms with E-state index in [0.717, 1.165) is 6.04 Å². The van der Waals surface area contributed by atoms with Crippen molar-refractivity contribution in [1.82, 2.24) is 4.90 Å². The summed E-state index contributed by atoms with van der Waals surface area (Å²) in [6.07, 6.45) is 5.23. The fourth-order valence-electron chi connectivity index (χ4n) is 2.70. The molecular formula is C10H19NO. The summed E-state index contributed by atoms with van der Waals surface area (Å²) in [5.74, 6) is 0.577. The third-order valence-corrected chi connectivity index (χ3v) is 3.65. The van der Waals surface area contributed by atoms with Gasteiger partial charge >= 0.3 is 0 Å². The summed E-state index contributed by atoms with van der Waals surface area (Å²) in [6, 6.07) is 1.49. The van der Waals surface area contributed by atoms with Crippen molar-refractivity contribution < 1.29 is 5.11 Å². The van der Waals surface area contributed by atoms with Crippen LogP contribution in [0.2, 0.25) is 0 Å². The Morgan fingerprint density at radius 2 is 2.17 bits per heavy atom. The Balaban J connectivity index is 1.93. The topological polar surface area (TPSA) is 23.5 Å². The van der Waals surface area contributed by atoms with Crippen LogP contribution >= 0.6 is 0 Å². The molecule has 3 unspecified atom stereocenters. The quantitative estimate of drug-likeness (QED) is 0.672. The van der Waals surface area contributed by atoms with Crippen LogP contribution in [0, 0.1) is 5.92 Å². The molecule has 2 fully saturated rings. The van der Waals surface area contributed by atoms with Crippen molar-refractivity contribution in [3.8, 4) is 0 Å². The van der Waals surface area contributed by atoms with Gasteiger partial charge in [0.25, 0.3) is 0 Å². The van der Waals surface area contributed by atoms with E-state index in [1.54, 1.807) is 0 Å². The van der Waals surface area contributed by atoms with Crippen molar-refractivity contribution in [3.63, 3.8) is 0 Å². The van der Waals surface area contributed by atoms with Gasteiger partial charge in [0.05, 0.1) is 0 Å². The van der Waals surface area contributed by atoms with Crippen LogP contribution in [-0.2, 0) is 0 Å². The maximum Gasteiger partial charge on any atom is 0.0474 e. The lowest BCUT2D eigenvalue weighted by Gasteiger charge is -2.45. The molecule has 0 spiro atoms. The molecule has 1 heterocycles. The Morgan fingerprint density at radius 3 is 2.67 bits per heavy atom. The van der Waals surface area contributed by atoms with Crippen LogP contribution in [0.5, 0.6) is 0 Å². The molecule has 1 aliphatic carbocycles. The number of likely N-dealkylation sites (tertiary alicyclic amines) is 1. The number of nitrogens with zero attached hydrogens (tertiary/aromatic N) is 1. The molecule has 0 aromatic rings. The Morgan fingerprint density at radius 1 is 1.33 bits per heavy atom. The van der Waals surface area contributed by atoms with Gasteiger partial charge in [0, 0.05) is 25.2 Å². The van der Waals surface area contributed by atoms with Gasteiger partial charge in [-0.05, 0) is 32.1 Å². The predicted octanol–water partition coefficient (Wildman–Crippen LogP) is 1.24. The molecule has 0 aromatic carbocycles. The normalized spacial score (nSPS) is 43.0. The SMILES string of the molecule is CC1CCN1C1CCCC1CO. The van der Waals surface area contributed by atoms with Crippen LogP contribution in [0.3, 0.4) is 0 Å². The number of rotatable bonds is 2. The van der Waals surface area contributed by atoms with Crippen molar-refractivity contribution in [3.05, 3.63) is 0 Å². The summed E-state index contributed by atoms with van der Waals surface area (Å²) in [5.41, 5.74) is 0. The molecule has 70 valence electrons. The van der Waals surface area contributed by atoms with E-state index < -0.39 is 0 Å². The van der Waals surface area contributed by atoms with E-state index in [1.165, 1.54) is 32.2 Å². The maximum absolute atomic E-state index is 9.16. The van der Waals surface area contributed by atoms with E-state index in [1.807, 2.05) is 0 Å². The predicted molar refractivity (Wildman–Crippen MR) is 49.0 cm³/mol. The standard InChI is InChI=1S/C10H19NO/c1-8-5-6-11(8)10-4-2-3-9(10)7-12/h8-10,12H,2-7H2,1H3. The summed E-state index contributed by atoms with van der Waals surface area (Å²) in [7, 11) is 0. The Bertz CT molecular complexity index is 160. The van der Waals surface area contributed by atoms with Gasteiger partial charge < -0.3 is 5.11 Å². The zero-order valence-electron chi connectivity index (χ0n) is 7.87. The van der Waals surface area contributed by atoms with Crippen molar-refractivity contribution in [2.24, 2.45) is 5.92 Å². The van der Waals surface area contributed by atoms with Crippen molar-refractivity contribution in [1.29, 1.82) is 0 Å². The fourth-order valence-corrected chi connectivity index (χ4v) is 2.70. The first-order valence-corrected chi connectivity index (χ1v) is 5.19. The number of aliphatic hydroxyl groups is 1. The van der Waals surface area contributed by atoms with Crippen LogP contribution < -0.4 is 0 Å². The average molecular weight is 169 g/mol. The van der Waals surface area contributed by atoms with Gasteiger partial charge in [-0.2, -0.15) is 0 Å². The first-order valence-electron chi connectivity index (χ1n) is 5.19. The van der Waals surface area contributed by atoms with Gasteiger partial charge in [-0.15, -0.1) is 0 Å². The van der Waals surface area contributed by atoms with Crippen molar-refractivity contribution in [2.75, 3.05) is 13.2 Å². The lowest BCUT2D eigenvalue weighted by molar-refractivity contribution is 0.0205. The van der Waals surface area contributed by atoms with Gasteiger partial charge in [-0.25, -0.2) is 0 Å². The summed E-state index contributed by atoms with van der Waals surface area (Å²) in [6.45, 7) is 3.96. The highest BCUT2D eigenvalue weighted by molar-refractivity contribution is 4.92. The van der Waals surface area contributed by atoms with Crippen LogP contribution in [0.25, 0.3) is 0 Å². The second kappa shape index (κ2) is 3.35. The third kappa shape index (κ3) is 1.27. The Kier molecular flexibility index (Phi) is 2.37. The second-order valence-electron chi connectivity index (χ2n) is 4.32. The number of aliphatic hydroxyl groups excluding tert-OH is 1. The molecule has 3 atom stereocenters. The molecule has 2 nitrogen and oxygen atoms in total. The molecular weight excluding hydrogens is 150 g/mol. The van der Waals surface area contributed by atoms with E-state index in [9.17, 15) is 0 Å². The lowest BCUT2D eigenvalue weighted by Crippen LogP contribution is -2.53. The molecule has 1 aliphatic heterocycles. The van der Waals surface area contributed by atoms with E-state index in [0.29, 0.717) is 18.6 Å². The minimum atomic E-state index is 0.397. The molecule has 2 rings (SSSR count). The van der Waals surface area contributed by atoms with Gasteiger partial charge in [0.15, 0.2) is 0 Å². The third-order valence-electron chi connectivity index (χ3n) is 3.65. The zero-order valence-corrected chi connectivity index (χ0v) is 7.87. The number of hydrogen-bond donors (Lipinski definition) is 1. The first-order chi connectivity index (χ1) is 5.83. The fraction of sp³-hybridized carbons (Fsp3) is 1.00. The first kappa shape index (κ1) is 8.52. The van der Waals surface area contributed by atoms with Crippen molar-refractivity contribution in [2.45, 2.75) is 44.7 Å². The smallest absolute Gasteiger partial charge is 0.0474 e. The van der Waals surface area contributed by atoms with Crippen LogP contribution in [0.1, 0.15) is 32.6 Å². The molecule has 0 bridgehead atoms. The molecule has 2 aliphatic rings. The van der Waals surface area contributed by atoms with E-state index in [-0.39, 0.29) is 0 Å². The molecule has 0 aromatic heterocycles. The van der Waals surface area contributed by atoms with E-state index >= 15 is 0 Å². The molecule has 1 N–H and O–H groups in total. The second-order valence-corrected chi connectivity index (χ2v) is 4.32. The summed E-state index contributed by atoms with van der Waals surface area (Å²) in [4.78, 5) is 2.58. The summed E-state index contributed by atoms with van der Waals surface area (Å²) < 4.78 is 0. The Hall–Kier alpha value is -0.0800. The van der Waals surface area contributed by atoms with Crippen LogP contribution in [0.15, 0.2) is 0 Å². The summed E-state index contributed by atoms with van der Waals surface area (Å²) in [5, 5.41) is 9.16. The molecule has 1 saturated heterocycles. The Labute approximate surface area is 74.6 Å². The number of hydrogen-bond acceptors (Lipinski definition) is 2. The van der Waals surface area contributed by atoms with E-state index in [2.05, 4.69) is 11.8 Å². The molecule has 1 saturated carbocycles. The molecule has 0 amide bonds. The van der Waals surface area contributed by atoms with Gasteiger partial charge in [0.2, 0.25) is 0 Å².